The van der Waals surface area contributed by atoms with Crippen LogP contribution in [0.4, 0.5) is 0 Å². The van der Waals surface area contributed by atoms with Crippen LogP contribution in [0.3, 0.4) is 0 Å². The molecule has 4 atom stereocenters. The molecular weight excluding hydrogens is 470 g/mol. The molecule has 0 amide bonds. The number of aliphatic hydroxyl groups is 1. The third-order valence-electron chi connectivity index (χ3n) is 7.88. The summed E-state index contributed by atoms with van der Waals surface area (Å²) in [6, 6.07) is 18.9. The number of aliphatic hydroxyl groups excluding tert-OH is 1. The lowest BCUT2D eigenvalue weighted by Gasteiger charge is -2.52. The van der Waals surface area contributed by atoms with E-state index >= 15 is 0 Å². The van der Waals surface area contributed by atoms with Crippen LogP contribution >= 0.6 is 11.6 Å². The van der Waals surface area contributed by atoms with Gasteiger partial charge in [-0.2, -0.15) is 0 Å². The summed E-state index contributed by atoms with van der Waals surface area (Å²) in [6.45, 7) is 1.98. The first-order chi connectivity index (χ1) is 17.5. The number of fused-ring (bicyclic) bond motifs is 5. The van der Waals surface area contributed by atoms with Crippen LogP contribution in [0.25, 0.3) is 5.57 Å². The molecule has 4 nitrogen and oxygen atoms in total. The predicted octanol–water partition coefficient (Wildman–Crippen LogP) is 6.40. The van der Waals surface area contributed by atoms with Gasteiger partial charge in [-0.05, 0) is 52.8 Å². The average Bonchev–Trinajstić information content (AvgIpc) is 2.88. The summed E-state index contributed by atoms with van der Waals surface area (Å²) in [5.74, 6) is 0.521. The van der Waals surface area contributed by atoms with Crippen LogP contribution in [0.1, 0.15) is 49.7 Å². The summed E-state index contributed by atoms with van der Waals surface area (Å²) in [5.41, 5.74) is 7.26. The van der Waals surface area contributed by atoms with E-state index < -0.39 is 6.10 Å². The van der Waals surface area contributed by atoms with Gasteiger partial charge in [0, 0.05) is 36.7 Å². The van der Waals surface area contributed by atoms with Crippen molar-refractivity contribution in [3.8, 4) is 0 Å². The van der Waals surface area contributed by atoms with Crippen molar-refractivity contribution in [1.29, 1.82) is 0 Å². The lowest BCUT2D eigenvalue weighted by atomic mass is 9.67. The van der Waals surface area contributed by atoms with E-state index in [1.807, 2.05) is 18.2 Å². The minimum atomic E-state index is -0.571. The van der Waals surface area contributed by atoms with Crippen LogP contribution in [0.15, 0.2) is 95.4 Å². The number of carbonyl (C=O) groups is 1. The van der Waals surface area contributed by atoms with Gasteiger partial charge in [-0.1, -0.05) is 78.7 Å². The van der Waals surface area contributed by atoms with Crippen LogP contribution in [0, 0.1) is 5.92 Å². The van der Waals surface area contributed by atoms with Crippen molar-refractivity contribution in [2.24, 2.45) is 5.92 Å². The van der Waals surface area contributed by atoms with Crippen molar-refractivity contribution in [1.82, 2.24) is 4.90 Å². The smallest absolute Gasteiger partial charge is 0.307 e. The Balaban J connectivity index is 1.56. The molecule has 1 N–H and O–H groups in total. The van der Waals surface area contributed by atoms with Gasteiger partial charge in [-0.25, -0.2) is 0 Å². The van der Waals surface area contributed by atoms with E-state index in [1.54, 1.807) is 0 Å². The SMILES string of the molecule is CC(=O)OC1=C2C3C=C(c4cccc(Cl)c4)C=CC3=C3C(c4ccccc4)CCCC3N2CC(O)C1. The number of hydrogen-bond acceptors (Lipinski definition) is 4. The van der Waals surface area contributed by atoms with Gasteiger partial charge in [-0.3, -0.25) is 4.79 Å². The Bertz CT molecular complexity index is 1320. The van der Waals surface area contributed by atoms with Gasteiger partial charge >= 0.3 is 5.97 Å². The third kappa shape index (κ3) is 4.12. The minimum Gasteiger partial charge on any atom is -0.429 e. The van der Waals surface area contributed by atoms with Gasteiger partial charge in [0.25, 0.3) is 0 Å². The van der Waals surface area contributed by atoms with E-state index in [1.165, 1.54) is 23.6 Å². The van der Waals surface area contributed by atoms with Crippen LogP contribution < -0.4 is 0 Å². The molecule has 2 aromatic carbocycles. The molecule has 184 valence electrons. The molecule has 4 aliphatic rings. The number of esters is 1. The molecule has 0 spiro atoms. The van der Waals surface area contributed by atoms with Crippen molar-refractivity contribution in [2.75, 3.05) is 6.54 Å². The van der Waals surface area contributed by atoms with Crippen molar-refractivity contribution in [2.45, 2.75) is 50.7 Å². The van der Waals surface area contributed by atoms with Crippen LogP contribution in [0.2, 0.25) is 5.02 Å². The molecule has 2 aromatic rings. The molecule has 0 aromatic heterocycles. The van der Waals surface area contributed by atoms with Gasteiger partial charge in [0.05, 0.1) is 17.8 Å². The Hall–Kier alpha value is -3.08. The first kappa shape index (κ1) is 23.3. The molecule has 5 heteroatoms. The fraction of sp³-hybridized carbons (Fsp3) is 0.323. The fourth-order valence-electron chi connectivity index (χ4n) is 6.56. The Morgan fingerprint density at radius 3 is 2.69 bits per heavy atom. The molecule has 4 unspecified atom stereocenters. The molecule has 2 heterocycles. The minimum absolute atomic E-state index is 0.0543. The molecule has 1 saturated carbocycles. The quantitative estimate of drug-likeness (QED) is 0.496. The Kier molecular flexibility index (Phi) is 6.10. The largest absolute Gasteiger partial charge is 0.429 e. The molecule has 0 bridgehead atoms. The molecule has 2 aliphatic heterocycles. The number of ether oxygens (including phenoxy) is 1. The Labute approximate surface area is 217 Å². The van der Waals surface area contributed by atoms with Crippen molar-refractivity contribution >= 4 is 23.1 Å². The first-order valence-corrected chi connectivity index (χ1v) is 13.2. The zero-order valence-electron chi connectivity index (χ0n) is 20.4. The Morgan fingerprint density at radius 2 is 1.92 bits per heavy atom. The summed E-state index contributed by atoms with van der Waals surface area (Å²) < 4.78 is 5.77. The zero-order chi connectivity index (χ0) is 24.8. The lowest BCUT2D eigenvalue weighted by molar-refractivity contribution is -0.138. The van der Waals surface area contributed by atoms with E-state index in [4.69, 9.17) is 16.3 Å². The maximum Gasteiger partial charge on any atom is 0.307 e. The normalized spacial score (nSPS) is 27.2. The van der Waals surface area contributed by atoms with Gasteiger partial charge in [0.2, 0.25) is 0 Å². The highest BCUT2D eigenvalue weighted by molar-refractivity contribution is 6.30. The predicted molar refractivity (Wildman–Crippen MR) is 142 cm³/mol. The molecule has 0 saturated heterocycles. The van der Waals surface area contributed by atoms with E-state index in [0.717, 1.165) is 36.1 Å². The lowest BCUT2D eigenvalue weighted by Crippen LogP contribution is -2.51. The van der Waals surface area contributed by atoms with Crippen molar-refractivity contribution in [3.63, 3.8) is 0 Å². The molecule has 0 radical (unpaired) electrons. The summed E-state index contributed by atoms with van der Waals surface area (Å²) in [4.78, 5) is 14.4. The highest BCUT2D eigenvalue weighted by atomic mass is 35.5. The number of carbonyl (C=O) groups excluding carboxylic acids is 1. The van der Waals surface area contributed by atoms with Crippen molar-refractivity contribution in [3.05, 3.63) is 112 Å². The molecule has 36 heavy (non-hydrogen) atoms. The number of nitrogens with zero attached hydrogens (tertiary/aromatic N) is 1. The van der Waals surface area contributed by atoms with E-state index in [0.29, 0.717) is 29.7 Å². The average molecular weight is 500 g/mol. The fourth-order valence-corrected chi connectivity index (χ4v) is 6.75. The second-order valence-corrected chi connectivity index (χ2v) is 10.6. The number of benzene rings is 2. The second kappa shape index (κ2) is 9.42. The van der Waals surface area contributed by atoms with E-state index in [2.05, 4.69) is 59.5 Å². The summed E-state index contributed by atoms with van der Waals surface area (Å²) in [7, 11) is 0. The number of hydrogen-bond donors (Lipinski definition) is 1. The molecule has 6 rings (SSSR count). The van der Waals surface area contributed by atoms with Gasteiger partial charge in [-0.15, -0.1) is 0 Å². The maximum atomic E-state index is 12.1. The molecule has 1 fully saturated rings. The van der Waals surface area contributed by atoms with E-state index in [-0.39, 0.29) is 17.9 Å². The Morgan fingerprint density at radius 1 is 1.08 bits per heavy atom. The van der Waals surface area contributed by atoms with Gasteiger partial charge < -0.3 is 14.7 Å². The number of halogens is 1. The van der Waals surface area contributed by atoms with Crippen LogP contribution in [-0.2, 0) is 9.53 Å². The second-order valence-electron chi connectivity index (χ2n) is 10.2. The standard InChI is InChI=1S/C31H30ClNO3/c1-19(34)36-29-17-24(35)18-33-28-12-6-11-25(20-7-3-2-4-8-20)30(28)26-14-13-22(16-27(26)31(29)33)21-9-5-10-23(32)15-21/h2-5,7-10,13-16,24-25,27-28,35H,6,11-12,17-18H2,1H3. The molecule has 2 aliphatic carbocycles. The van der Waals surface area contributed by atoms with Crippen molar-refractivity contribution < 1.29 is 14.6 Å². The third-order valence-corrected chi connectivity index (χ3v) is 8.12. The summed E-state index contributed by atoms with van der Waals surface area (Å²) in [6.07, 6.45) is 9.77. The highest BCUT2D eigenvalue weighted by Crippen LogP contribution is 2.52. The zero-order valence-corrected chi connectivity index (χ0v) is 21.1. The maximum absolute atomic E-state index is 12.1. The topological polar surface area (TPSA) is 49.8 Å². The highest BCUT2D eigenvalue weighted by Gasteiger charge is 2.46. The number of rotatable bonds is 3. The first-order valence-electron chi connectivity index (χ1n) is 12.8. The van der Waals surface area contributed by atoms with Gasteiger partial charge in [0.15, 0.2) is 0 Å². The monoisotopic (exact) mass is 499 g/mol. The molecular formula is C31H30ClNO3. The summed E-state index contributed by atoms with van der Waals surface area (Å²) in [5, 5.41) is 11.5. The van der Waals surface area contributed by atoms with Gasteiger partial charge in [0.1, 0.15) is 5.76 Å². The van der Waals surface area contributed by atoms with E-state index in [9.17, 15) is 9.90 Å². The van der Waals surface area contributed by atoms with Crippen LogP contribution in [0.5, 0.6) is 0 Å². The number of allylic oxidation sites excluding steroid dienone is 4. The summed E-state index contributed by atoms with van der Waals surface area (Å²) >= 11 is 6.32. The van der Waals surface area contributed by atoms with Crippen LogP contribution in [-0.4, -0.2) is 34.7 Å².